The zero-order chi connectivity index (χ0) is 15.1. The molecule has 4 nitrogen and oxygen atoms in total. The van der Waals surface area contributed by atoms with Crippen LogP contribution >= 0.6 is 0 Å². The number of anilines is 3. The average Bonchev–Trinajstić information content (AvgIpc) is 2.89. The highest BCUT2D eigenvalue weighted by atomic mass is 15.2. The summed E-state index contributed by atoms with van der Waals surface area (Å²) in [7, 11) is 4.14. The number of benzene rings is 2. The van der Waals surface area contributed by atoms with Gasteiger partial charge < -0.3 is 10.2 Å². The summed E-state index contributed by atoms with van der Waals surface area (Å²) in [6.45, 7) is 1.15. The van der Waals surface area contributed by atoms with Crippen LogP contribution in [0.2, 0.25) is 0 Å². The van der Waals surface area contributed by atoms with Crippen LogP contribution in [0.25, 0.3) is 10.9 Å². The minimum atomic E-state index is 1.10. The molecule has 3 aromatic rings. The van der Waals surface area contributed by atoms with E-state index in [9.17, 15) is 0 Å². The third-order valence-electron chi connectivity index (χ3n) is 4.47. The third kappa shape index (κ3) is 2.21. The molecule has 1 N–H and O–H groups in total. The standard InChI is InChI=1S/C18H20N4/c1-21-9-3-4-13-10-15(7-8-17(13)21)20-16-6-5-14-12-19-22(2)18(14)11-16/h5-8,10-12,20H,3-4,9H2,1-2H3. The summed E-state index contributed by atoms with van der Waals surface area (Å²) >= 11 is 0. The van der Waals surface area contributed by atoms with Crippen molar-refractivity contribution in [2.75, 3.05) is 23.8 Å². The Morgan fingerprint density at radius 1 is 1.05 bits per heavy atom. The third-order valence-corrected chi connectivity index (χ3v) is 4.47. The number of nitrogens with zero attached hydrogens (tertiary/aromatic N) is 3. The molecule has 1 aliphatic heterocycles. The molecule has 2 aromatic carbocycles. The Labute approximate surface area is 130 Å². The van der Waals surface area contributed by atoms with E-state index in [1.165, 1.54) is 23.1 Å². The van der Waals surface area contributed by atoms with Gasteiger partial charge in [-0.3, -0.25) is 4.68 Å². The molecule has 0 unspecified atom stereocenters. The topological polar surface area (TPSA) is 33.1 Å². The first-order valence-electron chi connectivity index (χ1n) is 7.73. The van der Waals surface area contributed by atoms with Crippen LogP contribution in [0.5, 0.6) is 0 Å². The molecule has 0 bridgehead atoms. The predicted octanol–water partition coefficient (Wildman–Crippen LogP) is 3.70. The van der Waals surface area contributed by atoms with E-state index < -0.39 is 0 Å². The van der Waals surface area contributed by atoms with Crippen molar-refractivity contribution >= 4 is 28.0 Å². The van der Waals surface area contributed by atoms with Crippen LogP contribution in [-0.4, -0.2) is 23.4 Å². The van der Waals surface area contributed by atoms with Crippen LogP contribution in [0.3, 0.4) is 0 Å². The van der Waals surface area contributed by atoms with E-state index in [1.54, 1.807) is 0 Å². The lowest BCUT2D eigenvalue weighted by molar-refractivity contribution is 0.745. The Morgan fingerprint density at radius 3 is 2.77 bits per heavy atom. The average molecular weight is 292 g/mol. The van der Waals surface area contributed by atoms with E-state index in [4.69, 9.17) is 0 Å². The molecular weight excluding hydrogens is 272 g/mol. The Balaban J connectivity index is 1.66. The van der Waals surface area contributed by atoms with Crippen molar-refractivity contribution in [3.05, 3.63) is 48.2 Å². The molecule has 0 aliphatic carbocycles. The molecule has 4 heteroatoms. The summed E-state index contributed by atoms with van der Waals surface area (Å²) < 4.78 is 1.91. The fourth-order valence-electron chi connectivity index (χ4n) is 3.25. The number of rotatable bonds is 2. The zero-order valence-electron chi connectivity index (χ0n) is 13.0. The number of fused-ring (bicyclic) bond motifs is 2. The highest BCUT2D eigenvalue weighted by molar-refractivity contribution is 5.83. The number of hydrogen-bond donors (Lipinski definition) is 1. The van der Waals surface area contributed by atoms with Crippen molar-refractivity contribution in [3.63, 3.8) is 0 Å². The van der Waals surface area contributed by atoms with Gasteiger partial charge in [-0.25, -0.2) is 0 Å². The highest BCUT2D eigenvalue weighted by Gasteiger charge is 2.13. The molecule has 22 heavy (non-hydrogen) atoms. The summed E-state index contributed by atoms with van der Waals surface area (Å²) in [6, 6.07) is 13.0. The van der Waals surface area contributed by atoms with E-state index in [2.05, 4.69) is 58.8 Å². The fraction of sp³-hybridized carbons (Fsp3) is 0.278. The number of nitrogens with one attached hydrogen (secondary N) is 1. The zero-order valence-corrected chi connectivity index (χ0v) is 13.0. The Morgan fingerprint density at radius 2 is 1.86 bits per heavy atom. The van der Waals surface area contributed by atoms with E-state index >= 15 is 0 Å². The summed E-state index contributed by atoms with van der Waals surface area (Å²) in [5.74, 6) is 0. The second kappa shape index (κ2) is 5.05. The molecule has 0 saturated heterocycles. The Hall–Kier alpha value is -2.49. The van der Waals surface area contributed by atoms with E-state index in [-0.39, 0.29) is 0 Å². The molecule has 0 fully saturated rings. The highest BCUT2D eigenvalue weighted by Crippen LogP contribution is 2.30. The molecule has 1 aromatic heterocycles. The van der Waals surface area contributed by atoms with Crippen LogP contribution in [0.4, 0.5) is 17.1 Å². The second-order valence-electron chi connectivity index (χ2n) is 6.04. The normalized spacial score (nSPS) is 14.2. The maximum absolute atomic E-state index is 4.29. The van der Waals surface area contributed by atoms with E-state index in [0.29, 0.717) is 0 Å². The summed E-state index contributed by atoms with van der Waals surface area (Å²) in [5, 5.41) is 8.98. The van der Waals surface area contributed by atoms with Gasteiger partial charge in [0.05, 0.1) is 11.7 Å². The van der Waals surface area contributed by atoms with Gasteiger partial charge in [0.1, 0.15) is 0 Å². The van der Waals surface area contributed by atoms with Crippen LogP contribution in [-0.2, 0) is 13.5 Å². The first kappa shape index (κ1) is 13.2. The van der Waals surface area contributed by atoms with Gasteiger partial charge in [-0.15, -0.1) is 0 Å². The molecule has 112 valence electrons. The van der Waals surface area contributed by atoms with Crippen LogP contribution in [0.15, 0.2) is 42.6 Å². The van der Waals surface area contributed by atoms with Crippen molar-refractivity contribution in [2.24, 2.45) is 7.05 Å². The largest absolute Gasteiger partial charge is 0.374 e. The molecule has 1 aliphatic rings. The summed E-state index contributed by atoms with van der Waals surface area (Å²) in [4.78, 5) is 2.34. The van der Waals surface area contributed by atoms with Gasteiger partial charge in [0.15, 0.2) is 0 Å². The molecule has 0 amide bonds. The Bertz CT molecular complexity index is 834. The van der Waals surface area contributed by atoms with E-state index in [1.807, 2.05) is 17.9 Å². The smallest absolute Gasteiger partial charge is 0.0699 e. The lowest BCUT2D eigenvalue weighted by Crippen LogP contribution is -2.24. The van der Waals surface area contributed by atoms with Crippen molar-refractivity contribution in [3.8, 4) is 0 Å². The van der Waals surface area contributed by atoms with Gasteiger partial charge in [-0.2, -0.15) is 5.10 Å². The molecule has 0 saturated carbocycles. The van der Waals surface area contributed by atoms with Crippen LogP contribution in [0, 0.1) is 0 Å². The van der Waals surface area contributed by atoms with Gasteiger partial charge in [-0.1, -0.05) is 0 Å². The van der Waals surface area contributed by atoms with Gasteiger partial charge in [0.2, 0.25) is 0 Å². The molecule has 0 radical (unpaired) electrons. The molecule has 4 rings (SSSR count). The minimum Gasteiger partial charge on any atom is -0.374 e. The summed E-state index contributed by atoms with van der Waals surface area (Å²) in [6.07, 6.45) is 4.29. The van der Waals surface area contributed by atoms with Crippen LogP contribution < -0.4 is 10.2 Å². The van der Waals surface area contributed by atoms with Crippen molar-refractivity contribution in [1.82, 2.24) is 9.78 Å². The van der Waals surface area contributed by atoms with Gasteiger partial charge in [0.25, 0.3) is 0 Å². The lowest BCUT2D eigenvalue weighted by atomic mass is 10.0. The maximum atomic E-state index is 4.29. The van der Waals surface area contributed by atoms with Crippen LogP contribution in [0.1, 0.15) is 12.0 Å². The molecule has 2 heterocycles. The quantitative estimate of drug-likeness (QED) is 0.782. The minimum absolute atomic E-state index is 1.10. The van der Waals surface area contributed by atoms with Gasteiger partial charge >= 0.3 is 0 Å². The number of hydrogen-bond acceptors (Lipinski definition) is 3. The van der Waals surface area contributed by atoms with Gasteiger partial charge in [0, 0.05) is 43.1 Å². The second-order valence-corrected chi connectivity index (χ2v) is 6.04. The molecule has 0 spiro atoms. The maximum Gasteiger partial charge on any atom is 0.0699 e. The fourth-order valence-corrected chi connectivity index (χ4v) is 3.25. The number of aryl methyl sites for hydroxylation is 2. The van der Waals surface area contributed by atoms with Crippen molar-refractivity contribution in [2.45, 2.75) is 12.8 Å². The van der Waals surface area contributed by atoms with E-state index in [0.717, 1.165) is 29.9 Å². The van der Waals surface area contributed by atoms with Gasteiger partial charge in [-0.05, 0) is 54.8 Å². The lowest BCUT2D eigenvalue weighted by Gasteiger charge is -2.28. The van der Waals surface area contributed by atoms with Crippen molar-refractivity contribution in [1.29, 1.82) is 0 Å². The first-order chi connectivity index (χ1) is 10.7. The molecular formula is C18H20N4. The SMILES string of the molecule is CN1CCCc2cc(Nc3ccc4cnn(C)c4c3)ccc21. The van der Waals surface area contributed by atoms with Crippen molar-refractivity contribution < 1.29 is 0 Å². The number of aromatic nitrogens is 2. The predicted molar refractivity (Wildman–Crippen MR) is 92.0 cm³/mol. The first-order valence-corrected chi connectivity index (χ1v) is 7.73. The molecule has 0 atom stereocenters. The Kier molecular flexibility index (Phi) is 3.03. The summed E-state index contributed by atoms with van der Waals surface area (Å²) in [5.41, 5.74) is 6.18. The monoisotopic (exact) mass is 292 g/mol.